The van der Waals surface area contributed by atoms with E-state index in [4.69, 9.17) is 10.5 Å². The zero-order valence-corrected chi connectivity index (χ0v) is 10.1. The molecule has 1 aromatic rings. The van der Waals surface area contributed by atoms with E-state index in [0.29, 0.717) is 0 Å². The molecule has 1 aromatic heterocycles. The summed E-state index contributed by atoms with van der Waals surface area (Å²) in [7, 11) is 0. The smallest absolute Gasteiger partial charge is 0.0538 e. The average molecular weight is 225 g/mol. The highest BCUT2D eigenvalue weighted by Crippen LogP contribution is 2.33. The highest BCUT2D eigenvalue weighted by molar-refractivity contribution is 7.11. The number of rotatable bonds is 4. The van der Waals surface area contributed by atoms with Gasteiger partial charge in [0.05, 0.1) is 6.61 Å². The maximum atomic E-state index is 5.88. The monoisotopic (exact) mass is 225 g/mol. The fourth-order valence-electron chi connectivity index (χ4n) is 2.10. The summed E-state index contributed by atoms with van der Waals surface area (Å²) in [6.07, 6.45) is 3.34. The molecule has 2 N–H and O–H groups in total. The first kappa shape index (κ1) is 11.1. The van der Waals surface area contributed by atoms with E-state index >= 15 is 0 Å². The average Bonchev–Trinajstić information content (AvgIpc) is 2.88. The van der Waals surface area contributed by atoms with Gasteiger partial charge in [-0.05, 0) is 31.4 Å². The molecule has 3 heteroatoms. The van der Waals surface area contributed by atoms with Gasteiger partial charge < -0.3 is 10.5 Å². The van der Waals surface area contributed by atoms with Crippen molar-refractivity contribution in [1.82, 2.24) is 0 Å². The van der Waals surface area contributed by atoms with Gasteiger partial charge in [0.2, 0.25) is 0 Å². The molecule has 0 bridgehead atoms. The topological polar surface area (TPSA) is 35.2 Å². The molecule has 1 aliphatic rings. The number of aryl methyl sites for hydroxylation is 1. The molecular formula is C12H19NOS. The van der Waals surface area contributed by atoms with E-state index in [0.717, 1.165) is 39.0 Å². The summed E-state index contributed by atoms with van der Waals surface area (Å²) in [6, 6.07) is 4.49. The summed E-state index contributed by atoms with van der Waals surface area (Å²) >= 11 is 1.92. The third-order valence-corrected chi connectivity index (χ3v) is 4.46. The van der Waals surface area contributed by atoms with Gasteiger partial charge in [-0.2, -0.15) is 0 Å². The Labute approximate surface area is 95.4 Å². The van der Waals surface area contributed by atoms with Crippen molar-refractivity contribution in [3.63, 3.8) is 0 Å². The first-order valence-corrected chi connectivity index (χ1v) is 6.45. The Morgan fingerprint density at radius 3 is 2.80 bits per heavy atom. The van der Waals surface area contributed by atoms with E-state index in [1.807, 2.05) is 11.3 Å². The molecule has 2 nitrogen and oxygen atoms in total. The van der Waals surface area contributed by atoms with E-state index in [-0.39, 0.29) is 5.41 Å². The minimum atomic E-state index is 0.218. The van der Waals surface area contributed by atoms with Crippen molar-refractivity contribution < 1.29 is 4.74 Å². The molecule has 0 amide bonds. The number of thiophene rings is 1. The molecule has 15 heavy (non-hydrogen) atoms. The van der Waals surface area contributed by atoms with Crippen molar-refractivity contribution in [3.8, 4) is 0 Å². The molecule has 0 radical (unpaired) electrons. The highest BCUT2D eigenvalue weighted by atomic mass is 32.1. The highest BCUT2D eigenvalue weighted by Gasteiger charge is 2.33. The third-order valence-electron chi connectivity index (χ3n) is 3.23. The van der Waals surface area contributed by atoms with Gasteiger partial charge in [-0.3, -0.25) is 0 Å². The van der Waals surface area contributed by atoms with Gasteiger partial charge in [0.25, 0.3) is 0 Å². The van der Waals surface area contributed by atoms with E-state index in [9.17, 15) is 0 Å². The number of hydrogen-bond donors (Lipinski definition) is 1. The van der Waals surface area contributed by atoms with Crippen LogP contribution in [0.3, 0.4) is 0 Å². The first-order chi connectivity index (χ1) is 7.28. The van der Waals surface area contributed by atoms with Gasteiger partial charge in [0.1, 0.15) is 0 Å². The Morgan fingerprint density at radius 1 is 1.47 bits per heavy atom. The predicted molar refractivity (Wildman–Crippen MR) is 64.3 cm³/mol. The lowest BCUT2D eigenvalue weighted by Gasteiger charge is -2.24. The Bertz CT molecular complexity index is 315. The zero-order valence-electron chi connectivity index (χ0n) is 9.29. The number of hydrogen-bond acceptors (Lipinski definition) is 3. The normalized spacial score (nSPS) is 26.0. The molecule has 1 atom stereocenters. The van der Waals surface area contributed by atoms with Crippen LogP contribution in [0.4, 0.5) is 0 Å². The van der Waals surface area contributed by atoms with Crippen LogP contribution in [-0.2, 0) is 17.6 Å². The third kappa shape index (κ3) is 2.41. The van der Waals surface area contributed by atoms with Crippen LogP contribution in [0.5, 0.6) is 0 Å². The van der Waals surface area contributed by atoms with Crippen LogP contribution >= 0.6 is 11.3 Å². The fraction of sp³-hybridized carbons (Fsp3) is 0.667. The number of ether oxygens (including phenoxy) is 1. The summed E-state index contributed by atoms with van der Waals surface area (Å²) < 4.78 is 5.48. The summed E-state index contributed by atoms with van der Waals surface area (Å²) in [5.41, 5.74) is 6.10. The second-order valence-electron chi connectivity index (χ2n) is 4.41. The molecule has 1 aliphatic heterocycles. The van der Waals surface area contributed by atoms with Gasteiger partial charge in [0, 0.05) is 28.3 Å². The molecule has 0 spiro atoms. The summed E-state index contributed by atoms with van der Waals surface area (Å²) in [5.74, 6) is 0. The lowest BCUT2D eigenvalue weighted by atomic mass is 9.83. The Kier molecular flexibility index (Phi) is 3.44. The summed E-state index contributed by atoms with van der Waals surface area (Å²) in [5, 5.41) is 0. The Hall–Kier alpha value is -0.380. The maximum Gasteiger partial charge on any atom is 0.0538 e. The van der Waals surface area contributed by atoms with E-state index in [2.05, 4.69) is 19.1 Å². The lowest BCUT2D eigenvalue weighted by molar-refractivity contribution is 0.155. The van der Waals surface area contributed by atoms with Crippen molar-refractivity contribution in [2.24, 2.45) is 11.1 Å². The summed E-state index contributed by atoms with van der Waals surface area (Å²) in [6.45, 7) is 4.66. The van der Waals surface area contributed by atoms with Crippen molar-refractivity contribution >= 4 is 11.3 Å². The molecule has 0 aromatic carbocycles. The standard InChI is InChI=1S/C12H19NOS/c1-2-10-3-4-11(15-10)7-12(8-13)5-6-14-9-12/h3-4H,2,5-9,13H2,1H3. The molecule has 84 valence electrons. The molecule has 1 saturated heterocycles. The van der Waals surface area contributed by atoms with Crippen LogP contribution in [0.1, 0.15) is 23.1 Å². The van der Waals surface area contributed by atoms with Crippen LogP contribution in [0.15, 0.2) is 12.1 Å². The van der Waals surface area contributed by atoms with Crippen LogP contribution < -0.4 is 5.73 Å². The van der Waals surface area contributed by atoms with Crippen molar-refractivity contribution in [3.05, 3.63) is 21.9 Å². The second-order valence-corrected chi connectivity index (χ2v) is 5.66. The van der Waals surface area contributed by atoms with Crippen LogP contribution in [0.2, 0.25) is 0 Å². The van der Waals surface area contributed by atoms with E-state index < -0.39 is 0 Å². The van der Waals surface area contributed by atoms with Gasteiger partial charge in [-0.25, -0.2) is 0 Å². The molecule has 0 saturated carbocycles. The lowest BCUT2D eigenvalue weighted by Crippen LogP contribution is -2.32. The van der Waals surface area contributed by atoms with Gasteiger partial charge in [0.15, 0.2) is 0 Å². The maximum absolute atomic E-state index is 5.88. The molecule has 2 heterocycles. The summed E-state index contributed by atoms with van der Waals surface area (Å²) in [4.78, 5) is 2.93. The molecular weight excluding hydrogens is 206 g/mol. The minimum Gasteiger partial charge on any atom is -0.381 e. The van der Waals surface area contributed by atoms with Gasteiger partial charge in [-0.1, -0.05) is 6.92 Å². The first-order valence-electron chi connectivity index (χ1n) is 5.63. The quantitative estimate of drug-likeness (QED) is 0.852. The van der Waals surface area contributed by atoms with Crippen molar-refractivity contribution in [2.75, 3.05) is 19.8 Å². The van der Waals surface area contributed by atoms with Gasteiger partial charge >= 0.3 is 0 Å². The molecule has 0 aliphatic carbocycles. The SMILES string of the molecule is CCc1ccc(CC2(CN)CCOC2)s1. The molecule has 1 unspecified atom stereocenters. The van der Waals surface area contributed by atoms with Crippen molar-refractivity contribution in [2.45, 2.75) is 26.2 Å². The van der Waals surface area contributed by atoms with Crippen molar-refractivity contribution in [1.29, 1.82) is 0 Å². The van der Waals surface area contributed by atoms with Gasteiger partial charge in [-0.15, -0.1) is 11.3 Å². The Morgan fingerprint density at radius 2 is 2.27 bits per heavy atom. The second kappa shape index (κ2) is 4.64. The minimum absolute atomic E-state index is 0.218. The molecule has 2 rings (SSSR count). The van der Waals surface area contributed by atoms with Crippen LogP contribution in [0, 0.1) is 5.41 Å². The molecule has 1 fully saturated rings. The van der Waals surface area contributed by atoms with Crippen LogP contribution in [0.25, 0.3) is 0 Å². The van der Waals surface area contributed by atoms with E-state index in [1.54, 1.807) is 0 Å². The largest absolute Gasteiger partial charge is 0.381 e. The van der Waals surface area contributed by atoms with E-state index in [1.165, 1.54) is 9.75 Å². The zero-order chi connectivity index (χ0) is 10.7. The Balaban J connectivity index is 2.05. The van der Waals surface area contributed by atoms with Crippen LogP contribution in [-0.4, -0.2) is 19.8 Å². The predicted octanol–water partition coefficient (Wildman–Crippen LogP) is 2.22. The number of nitrogens with two attached hydrogens (primary N) is 1. The fourth-order valence-corrected chi connectivity index (χ4v) is 3.23.